The topological polar surface area (TPSA) is 90.9 Å². The minimum Gasteiger partial charge on any atom is -0.389 e. The number of rotatable bonds is 7. The normalized spacial score (nSPS) is 15.4. The van der Waals surface area contributed by atoms with E-state index in [1.807, 2.05) is 0 Å². The summed E-state index contributed by atoms with van der Waals surface area (Å²) in [6.45, 7) is 0.806. The van der Waals surface area contributed by atoms with Crippen molar-refractivity contribution in [3.8, 4) is 0 Å². The summed E-state index contributed by atoms with van der Waals surface area (Å²) in [5.41, 5.74) is 0.652. The van der Waals surface area contributed by atoms with Gasteiger partial charge in [0.25, 0.3) is 11.8 Å². The molecule has 2 amide bonds. The first-order valence-corrected chi connectivity index (χ1v) is 9.76. The van der Waals surface area contributed by atoms with Crippen molar-refractivity contribution in [3.05, 3.63) is 45.4 Å². The largest absolute Gasteiger partial charge is 0.389 e. The first kappa shape index (κ1) is 20.5. The van der Waals surface area contributed by atoms with Crippen molar-refractivity contribution in [2.75, 3.05) is 43.1 Å². The SMILES string of the molecule is O=C(NC[C@@H](O)CNc1ccc(N2CCOCC2=O)cc1F)c1ccc(Cl)s1. The van der Waals surface area contributed by atoms with E-state index in [-0.39, 0.29) is 37.2 Å². The Bertz CT molecular complexity index is 863. The van der Waals surface area contributed by atoms with Crippen molar-refractivity contribution in [1.82, 2.24) is 5.32 Å². The summed E-state index contributed by atoms with van der Waals surface area (Å²) < 4.78 is 19.9. The van der Waals surface area contributed by atoms with Crippen LogP contribution in [0.4, 0.5) is 15.8 Å². The molecule has 10 heteroatoms. The summed E-state index contributed by atoms with van der Waals surface area (Å²) in [4.78, 5) is 25.7. The Balaban J connectivity index is 1.49. The van der Waals surface area contributed by atoms with Gasteiger partial charge in [-0.15, -0.1) is 11.3 Å². The molecular weight excluding hydrogens is 409 g/mol. The van der Waals surface area contributed by atoms with Gasteiger partial charge in [0.1, 0.15) is 12.4 Å². The molecule has 28 heavy (non-hydrogen) atoms. The minimum atomic E-state index is -0.917. The predicted octanol–water partition coefficient (Wildman–Crippen LogP) is 2.11. The number of anilines is 2. The molecule has 0 bridgehead atoms. The molecule has 0 aliphatic carbocycles. The van der Waals surface area contributed by atoms with E-state index >= 15 is 0 Å². The van der Waals surface area contributed by atoms with Gasteiger partial charge in [-0.2, -0.15) is 0 Å². The van der Waals surface area contributed by atoms with Crippen molar-refractivity contribution < 1.29 is 23.8 Å². The smallest absolute Gasteiger partial charge is 0.261 e. The number of carbonyl (C=O) groups is 2. The van der Waals surface area contributed by atoms with E-state index in [1.54, 1.807) is 18.2 Å². The molecule has 0 unspecified atom stereocenters. The fourth-order valence-corrected chi connectivity index (χ4v) is 3.60. The van der Waals surface area contributed by atoms with Crippen molar-refractivity contribution in [3.63, 3.8) is 0 Å². The molecule has 1 aliphatic heterocycles. The van der Waals surface area contributed by atoms with Gasteiger partial charge in [0, 0.05) is 25.3 Å². The zero-order chi connectivity index (χ0) is 20.1. The lowest BCUT2D eigenvalue weighted by atomic mass is 10.2. The summed E-state index contributed by atoms with van der Waals surface area (Å²) in [6, 6.07) is 7.62. The number of aliphatic hydroxyl groups excluding tert-OH is 1. The number of morpholine rings is 1. The summed E-state index contributed by atoms with van der Waals surface area (Å²) in [6.07, 6.45) is -0.917. The highest BCUT2D eigenvalue weighted by molar-refractivity contribution is 7.17. The zero-order valence-corrected chi connectivity index (χ0v) is 16.4. The third kappa shape index (κ3) is 5.20. The van der Waals surface area contributed by atoms with Crippen molar-refractivity contribution >= 4 is 46.1 Å². The zero-order valence-electron chi connectivity index (χ0n) is 14.8. The van der Waals surface area contributed by atoms with Crippen LogP contribution in [-0.4, -0.2) is 55.9 Å². The standard InChI is InChI=1S/C18H19ClFN3O4S/c19-16-4-3-15(28-16)18(26)22-9-12(24)8-21-14-2-1-11(7-13(14)20)23-5-6-27-10-17(23)25/h1-4,7,12,21,24H,5-6,8-10H2,(H,22,26)/t12-/m0/s1. The van der Waals surface area contributed by atoms with Crippen LogP contribution in [0, 0.1) is 5.82 Å². The number of halogens is 2. The molecule has 1 fully saturated rings. The highest BCUT2D eigenvalue weighted by Gasteiger charge is 2.21. The average Bonchev–Trinajstić information content (AvgIpc) is 3.12. The number of benzene rings is 1. The van der Waals surface area contributed by atoms with E-state index in [2.05, 4.69) is 10.6 Å². The number of nitrogens with one attached hydrogen (secondary N) is 2. The van der Waals surface area contributed by atoms with Gasteiger partial charge < -0.3 is 25.4 Å². The van der Waals surface area contributed by atoms with Crippen LogP contribution in [0.3, 0.4) is 0 Å². The van der Waals surface area contributed by atoms with Crippen LogP contribution in [-0.2, 0) is 9.53 Å². The lowest BCUT2D eigenvalue weighted by molar-refractivity contribution is -0.125. The Kier molecular flexibility index (Phi) is 6.84. The molecule has 2 heterocycles. The number of ether oxygens (including phenoxy) is 1. The van der Waals surface area contributed by atoms with Gasteiger partial charge in [-0.05, 0) is 30.3 Å². The van der Waals surface area contributed by atoms with Gasteiger partial charge >= 0.3 is 0 Å². The highest BCUT2D eigenvalue weighted by Crippen LogP contribution is 2.23. The second-order valence-electron chi connectivity index (χ2n) is 6.11. The Morgan fingerprint density at radius 1 is 1.36 bits per heavy atom. The maximum Gasteiger partial charge on any atom is 0.261 e. The molecule has 0 radical (unpaired) electrons. The van der Waals surface area contributed by atoms with Crippen molar-refractivity contribution in [2.24, 2.45) is 0 Å². The molecule has 2 aromatic rings. The number of nitrogens with zero attached hydrogens (tertiary/aromatic N) is 1. The molecule has 3 rings (SSSR count). The maximum atomic E-state index is 14.3. The summed E-state index contributed by atoms with van der Waals surface area (Å²) in [5.74, 6) is -1.09. The van der Waals surface area contributed by atoms with Crippen LogP contribution in [0.15, 0.2) is 30.3 Å². The molecule has 1 aromatic heterocycles. The molecule has 1 aromatic carbocycles. The molecule has 3 N–H and O–H groups in total. The van der Waals surface area contributed by atoms with Gasteiger partial charge in [-0.3, -0.25) is 9.59 Å². The number of amides is 2. The predicted molar refractivity (Wildman–Crippen MR) is 106 cm³/mol. The number of thiophene rings is 1. The third-order valence-corrected chi connectivity index (χ3v) is 5.30. The van der Waals surface area contributed by atoms with E-state index in [0.717, 1.165) is 11.3 Å². The molecule has 1 atom stereocenters. The van der Waals surface area contributed by atoms with Crippen LogP contribution >= 0.6 is 22.9 Å². The average molecular weight is 428 g/mol. The molecule has 1 aliphatic rings. The lowest BCUT2D eigenvalue weighted by Gasteiger charge is -2.27. The first-order valence-electron chi connectivity index (χ1n) is 8.57. The van der Waals surface area contributed by atoms with E-state index in [9.17, 15) is 19.1 Å². The summed E-state index contributed by atoms with van der Waals surface area (Å²) in [7, 11) is 0. The van der Waals surface area contributed by atoms with Crippen LogP contribution < -0.4 is 15.5 Å². The van der Waals surface area contributed by atoms with Crippen LogP contribution in [0.5, 0.6) is 0 Å². The van der Waals surface area contributed by atoms with Gasteiger partial charge in [-0.25, -0.2) is 4.39 Å². The first-order chi connectivity index (χ1) is 13.4. The van der Waals surface area contributed by atoms with Crippen LogP contribution in [0.1, 0.15) is 9.67 Å². The second kappa shape index (κ2) is 9.33. The van der Waals surface area contributed by atoms with Crippen molar-refractivity contribution in [2.45, 2.75) is 6.10 Å². The molecule has 0 spiro atoms. The Morgan fingerprint density at radius 3 is 2.86 bits per heavy atom. The number of hydrogen-bond donors (Lipinski definition) is 3. The van der Waals surface area contributed by atoms with Crippen LogP contribution in [0.25, 0.3) is 0 Å². The van der Waals surface area contributed by atoms with Crippen molar-refractivity contribution in [1.29, 1.82) is 0 Å². The summed E-state index contributed by atoms with van der Waals surface area (Å²) >= 11 is 6.93. The highest BCUT2D eigenvalue weighted by atomic mass is 35.5. The Hall–Kier alpha value is -2.20. The quantitative estimate of drug-likeness (QED) is 0.629. The maximum absolute atomic E-state index is 14.3. The molecule has 1 saturated heterocycles. The van der Waals surface area contributed by atoms with Crippen LogP contribution in [0.2, 0.25) is 4.34 Å². The molecule has 0 saturated carbocycles. The third-order valence-electron chi connectivity index (χ3n) is 4.07. The van der Waals surface area contributed by atoms with E-state index in [1.165, 1.54) is 17.0 Å². The van der Waals surface area contributed by atoms with E-state index in [4.69, 9.17) is 16.3 Å². The second-order valence-corrected chi connectivity index (χ2v) is 7.83. The lowest BCUT2D eigenvalue weighted by Crippen LogP contribution is -2.41. The fourth-order valence-electron chi connectivity index (χ4n) is 2.64. The Labute approximate surface area is 170 Å². The molecule has 150 valence electrons. The number of carbonyl (C=O) groups excluding carboxylic acids is 2. The summed E-state index contributed by atoms with van der Waals surface area (Å²) in [5, 5.41) is 15.4. The molecule has 7 nitrogen and oxygen atoms in total. The van der Waals surface area contributed by atoms with E-state index in [0.29, 0.717) is 28.1 Å². The fraction of sp³-hybridized carbons (Fsp3) is 0.333. The monoisotopic (exact) mass is 427 g/mol. The Morgan fingerprint density at radius 2 is 2.18 bits per heavy atom. The van der Waals surface area contributed by atoms with Gasteiger partial charge in [-0.1, -0.05) is 11.6 Å². The van der Waals surface area contributed by atoms with Gasteiger partial charge in [0.05, 0.1) is 27.6 Å². The van der Waals surface area contributed by atoms with E-state index < -0.39 is 11.9 Å². The van der Waals surface area contributed by atoms with Gasteiger partial charge in [0.2, 0.25) is 0 Å². The minimum absolute atomic E-state index is 0.00331. The number of aliphatic hydroxyl groups is 1. The number of hydrogen-bond acceptors (Lipinski definition) is 6. The molecular formula is C18H19ClFN3O4S. The van der Waals surface area contributed by atoms with Gasteiger partial charge in [0.15, 0.2) is 0 Å².